The highest BCUT2D eigenvalue weighted by Gasteiger charge is 2.16. The molecule has 0 aliphatic rings. The number of ketones is 1. The SMILES string of the molecule is Cc1cc(-c2nnc(CSc3nnc(CC(=O)c4ccc(Cl)s4)s3)o2)ccc1[N+](=O)[O-]. The van der Waals surface area contributed by atoms with Crippen LogP contribution in [-0.2, 0) is 12.2 Å². The van der Waals surface area contributed by atoms with Gasteiger partial charge in [-0.2, -0.15) is 0 Å². The van der Waals surface area contributed by atoms with Gasteiger partial charge in [-0.25, -0.2) is 0 Å². The molecule has 0 aliphatic heterocycles. The van der Waals surface area contributed by atoms with Crippen LogP contribution < -0.4 is 0 Å². The van der Waals surface area contributed by atoms with Gasteiger partial charge < -0.3 is 4.42 Å². The van der Waals surface area contributed by atoms with E-state index in [1.807, 2.05) is 0 Å². The largest absolute Gasteiger partial charge is 0.420 e. The van der Waals surface area contributed by atoms with Gasteiger partial charge in [0.1, 0.15) is 5.01 Å². The van der Waals surface area contributed by atoms with Gasteiger partial charge in [0.15, 0.2) is 10.1 Å². The number of aromatic nitrogens is 4. The average Bonchev–Trinajstić information content (AvgIpc) is 3.47. The molecule has 0 N–H and O–H groups in total. The van der Waals surface area contributed by atoms with Crippen LogP contribution >= 0.6 is 46.0 Å². The van der Waals surface area contributed by atoms with Crippen LogP contribution in [0.5, 0.6) is 0 Å². The molecule has 9 nitrogen and oxygen atoms in total. The van der Waals surface area contributed by atoms with Gasteiger partial charge in [-0.1, -0.05) is 34.7 Å². The van der Waals surface area contributed by atoms with Crippen LogP contribution in [0.3, 0.4) is 0 Å². The van der Waals surface area contributed by atoms with Crippen LogP contribution in [0.1, 0.15) is 26.1 Å². The lowest BCUT2D eigenvalue weighted by molar-refractivity contribution is -0.385. The Balaban J connectivity index is 1.36. The van der Waals surface area contributed by atoms with Crippen molar-refractivity contribution in [3.8, 4) is 11.5 Å². The molecule has 0 fully saturated rings. The second-order valence-electron chi connectivity index (χ2n) is 6.21. The van der Waals surface area contributed by atoms with E-state index < -0.39 is 4.92 Å². The molecule has 0 spiro atoms. The van der Waals surface area contributed by atoms with Gasteiger partial charge in [-0.3, -0.25) is 14.9 Å². The van der Waals surface area contributed by atoms with E-state index in [4.69, 9.17) is 16.0 Å². The van der Waals surface area contributed by atoms with Gasteiger partial charge in [0, 0.05) is 17.2 Å². The van der Waals surface area contributed by atoms with Gasteiger partial charge >= 0.3 is 0 Å². The minimum absolute atomic E-state index is 0.0341. The molecular weight excluding hydrogens is 482 g/mol. The first-order chi connectivity index (χ1) is 14.9. The lowest BCUT2D eigenvalue weighted by Gasteiger charge is -1.99. The van der Waals surface area contributed by atoms with Crippen molar-refractivity contribution in [1.29, 1.82) is 0 Å². The highest BCUT2D eigenvalue weighted by Crippen LogP contribution is 2.29. The third kappa shape index (κ3) is 5.15. The molecule has 0 bridgehead atoms. The van der Waals surface area contributed by atoms with E-state index in [0.717, 1.165) is 0 Å². The molecular formula is C18H12ClN5O4S3. The van der Waals surface area contributed by atoms with Crippen LogP contribution in [0, 0.1) is 17.0 Å². The Morgan fingerprint density at radius 3 is 2.74 bits per heavy atom. The summed E-state index contributed by atoms with van der Waals surface area (Å²) in [6.45, 7) is 1.65. The van der Waals surface area contributed by atoms with Crippen molar-refractivity contribution in [2.75, 3.05) is 0 Å². The topological polar surface area (TPSA) is 125 Å². The number of carbonyl (C=O) groups is 1. The number of carbonyl (C=O) groups excluding carboxylic acids is 1. The number of thioether (sulfide) groups is 1. The number of nitro benzene ring substituents is 1. The number of Topliss-reactive ketones (excluding diaryl/α,β-unsaturated/α-hetero) is 1. The third-order valence-corrected chi connectivity index (χ3v) is 7.35. The molecule has 13 heteroatoms. The first kappa shape index (κ1) is 21.6. The number of halogens is 1. The van der Waals surface area contributed by atoms with Crippen molar-refractivity contribution in [1.82, 2.24) is 20.4 Å². The van der Waals surface area contributed by atoms with Crippen molar-refractivity contribution < 1.29 is 14.1 Å². The molecule has 4 aromatic rings. The number of nitrogens with zero attached hydrogens (tertiary/aromatic N) is 5. The maximum atomic E-state index is 12.2. The van der Waals surface area contributed by atoms with Gasteiger partial charge in [0.2, 0.25) is 11.8 Å². The Morgan fingerprint density at radius 1 is 1.19 bits per heavy atom. The van der Waals surface area contributed by atoms with Crippen molar-refractivity contribution in [3.05, 3.63) is 66.1 Å². The number of thiophene rings is 1. The second kappa shape index (κ2) is 9.22. The van der Waals surface area contributed by atoms with E-state index in [1.54, 1.807) is 31.2 Å². The number of nitro groups is 1. The standard InChI is InChI=1S/C18H12ClN5O4S3/c1-9-6-10(2-3-11(9)24(26)27)17-22-20-15(28-17)8-29-18-23-21-16(31-18)7-12(25)13-4-5-14(19)30-13/h2-6H,7-8H2,1H3. The van der Waals surface area contributed by atoms with E-state index in [9.17, 15) is 14.9 Å². The summed E-state index contributed by atoms with van der Waals surface area (Å²) in [6, 6.07) is 8.02. The molecule has 0 unspecified atom stereocenters. The number of hydrogen-bond acceptors (Lipinski definition) is 11. The van der Waals surface area contributed by atoms with Gasteiger partial charge in [0.25, 0.3) is 5.69 Å². The van der Waals surface area contributed by atoms with Gasteiger partial charge in [-0.15, -0.1) is 31.7 Å². The van der Waals surface area contributed by atoms with Crippen LogP contribution in [0.2, 0.25) is 4.34 Å². The molecule has 31 heavy (non-hydrogen) atoms. The predicted molar refractivity (Wildman–Crippen MR) is 118 cm³/mol. The molecule has 0 aliphatic carbocycles. The minimum Gasteiger partial charge on any atom is -0.420 e. The first-order valence-electron chi connectivity index (χ1n) is 8.70. The molecule has 3 heterocycles. The Bertz CT molecular complexity index is 1270. The fourth-order valence-corrected chi connectivity index (χ4v) is 5.31. The van der Waals surface area contributed by atoms with E-state index in [-0.39, 0.29) is 23.8 Å². The number of benzene rings is 1. The third-order valence-electron chi connectivity index (χ3n) is 4.03. The monoisotopic (exact) mass is 493 g/mol. The zero-order chi connectivity index (χ0) is 22.0. The summed E-state index contributed by atoms with van der Waals surface area (Å²) in [5, 5.41) is 27.7. The molecule has 0 radical (unpaired) electrons. The first-order valence-corrected chi connectivity index (χ1v) is 11.7. The Morgan fingerprint density at radius 2 is 2.03 bits per heavy atom. The lowest BCUT2D eigenvalue weighted by atomic mass is 10.1. The Kier molecular flexibility index (Phi) is 6.41. The molecule has 0 saturated carbocycles. The molecule has 0 amide bonds. The van der Waals surface area contributed by atoms with Gasteiger partial charge in [-0.05, 0) is 31.2 Å². The zero-order valence-electron chi connectivity index (χ0n) is 15.8. The summed E-state index contributed by atoms with van der Waals surface area (Å²) in [4.78, 5) is 23.4. The van der Waals surface area contributed by atoms with Crippen molar-refractivity contribution in [3.63, 3.8) is 0 Å². The van der Waals surface area contributed by atoms with E-state index in [2.05, 4.69) is 20.4 Å². The summed E-state index contributed by atoms with van der Waals surface area (Å²) in [7, 11) is 0. The average molecular weight is 494 g/mol. The summed E-state index contributed by atoms with van der Waals surface area (Å²) in [5.74, 6) is 0.996. The smallest absolute Gasteiger partial charge is 0.272 e. The summed E-state index contributed by atoms with van der Waals surface area (Å²) in [6.07, 6.45) is 0.166. The fraction of sp³-hybridized carbons (Fsp3) is 0.167. The van der Waals surface area contributed by atoms with Crippen LogP contribution in [0.15, 0.2) is 39.1 Å². The number of aryl methyl sites for hydroxylation is 1. The highest BCUT2D eigenvalue weighted by atomic mass is 35.5. The van der Waals surface area contributed by atoms with E-state index in [1.165, 1.54) is 40.5 Å². The molecule has 0 saturated heterocycles. The number of hydrogen-bond donors (Lipinski definition) is 0. The Labute approximate surface area is 192 Å². The van der Waals surface area contributed by atoms with Crippen LogP contribution in [0.25, 0.3) is 11.5 Å². The zero-order valence-corrected chi connectivity index (χ0v) is 19.0. The molecule has 158 valence electrons. The van der Waals surface area contributed by atoms with E-state index in [0.29, 0.717) is 41.3 Å². The Hall–Kier alpha value is -2.67. The second-order valence-corrected chi connectivity index (χ2v) is 10.2. The molecule has 1 aromatic carbocycles. The predicted octanol–water partition coefficient (Wildman–Crippen LogP) is 5.24. The summed E-state index contributed by atoms with van der Waals surface area (Å²) in [5.41, 5.74) is 1.15. The molecule has 0 atom stereocenters. The quantitative estimate of drug-likeness (QED) is 0.140. The highest BCUT2D eigenvalue weighted by molar-refractivity contribution is 8.00. The number of rotatable bonds is 8. The van der Waals surface area contributed by atoms with E-state index >= 15 is 0 Å². The lowest BCUT2D eigenvalue weighted by Crippen LogP contribution is -2.00. The van der Waals surface area contributed by atoms with Crippen LogP contribution in [-0.4, -0.2) is 31.1 Å². The maximum Gasteiger partial charge on any atom is 0.272 e. The van der Waals surface area contributed by atoms with Crippen LogP contribution in [0.4, 0.5) is 5.69 Å². The summed E-state index contributed by atoms with van der Waals surface area (Å²) < 4.78 is 6.90. The van der Waals surface area contributed by atoms with Crippen molar-refractivity contribution in [2.45, 2.75) is 23.4 Å². The maximum absolute atomic E-state index is 12.2. The van der Waals surface area contributed by atoms with Crippen molar-refractivity contribution in [2.24, 2.45) is 0 Å². The van der Waals surface area contributed by atoms with Crippen molar-refractivity contribution >= 4 is 57.5 Å². The summed E-state index contributed by atoms with van der Waals surface area (Å²) >= 11 is 9.81. The van der Waals surface area contributed by atoms with Gasteiger partial charge in [0.05, 0.1) is 26.3 Å². The minimum atomic E-state index is -0.436. The normalized spacial score (nSPS) is 11.0. The molecule has 3 aromatic heterocycles. The fourth-order valence-electron chi connectivity index (χ4n) is 2.60. The molecule has 4 rings (SSSR count).